The van der Waals surface area contributed by atoms with Gasteiger partial charge in [-0.3, -0.25) is 9.98 Å². The Morgan fingerprint density at radius 3 is 1.69 bits per heavy atom. The Morgan fingerprint density at radius 2 is 1.38 bits per heavy atom. The molecular weight excluding hydrogens is 204 g/mol. The largest absolute Gasteiger partial charge is 0.370 e. The van der Waals surface area contributed by atoms with Gasteiger partial charge in [0.25, 0.3) is 0 Å². The molecule has 6 heteroatoms. The van der Waals surface area contributed by atoms with E-state index in [1.165, 1.54) is 0 Å². The van der Waals surface area contributed by atoms with Gasteiger partial charge in [-0.25, -0.2) is 0 Å². The van der Waals surface area contributed by atoms with Crippen LogP contribution in [0.3, 0.4) is 0 Å². The van der Waals surface area contributed by atoms with Crippen LogP contribution in [0.25, 0.3) is 0 Å². The van der Waals surface area contributed by atoms with Crippen molar-refractivity contribution in [1.29, 1.82) is 0 Å². The lowest BCUT2D eigenvalue weighted by Crippen LogP contribution is -2.30. The van der Waals surface area contributed by atoms with E-state index in [9.17, 15) is 0 Å². The highest BCUT2D eigenvalue weighted by Crippen LogP contribution is 2.02. The molecule has 0 radical (unpaired) electrons. The summed E-state index contributed by atoms with van der Waals surface area (Å²) in [6, 6.07) is 0.0407. The smallest absolute Gasteiger partial charge is 0.125 e. The van der Waals surface area contributed by atoms with Crippen LogP contribution in [0.5, 0.6) is 0 Å². The van der Waals surface area contributed by atoms with Gasteiger partial charge in [-0.05, 0) is 13.8 Å². The fraction of sp³-hybridized carbons (Fsp3) is 0.800. The maximum Gasteiger partial charge on any atom is 0.125 e. The third-order valence-electron chi connectivity index (χ3n) is 2.60. The lowest BCUT2D eigenvalue weighted by Gasteiger charge is -2.08. The third-order valence-corrected chi connectivity index (χ3v) is 2.60. The molecule has 0 aliphatic carbocycles. The van der Waals surface area contributed by atoms with E-state index < -0.39 is 0 Å². The van der Waals surface area contributed by atoms with Crippen LogP contribution in [0.2, 0.25) is 0 Å². The summed E-state index contributed by atoms with van der Waals surface area (Å²) in [7, 11) is 0. The van der Waals surface area contributed by atoms with Gasteiger partial charge in [-0.15, -0.1) is 0 Å². The van der Waals surface area contributed by atoms with Crippen molar-refractivity contribution in [3.8, 4) is 0 Å². The van der Waals surface area contributed by atoms with Gasteiger partial charge < -0.3 is 10.6 Å². The van der Waals surface area contributed by atoms with E-state index >= 15 is 0 Å². The predicted molar refractivity (Wildman–Crippen MR) is 64.4 cm³/mol. The standard InChI is InChI=1S/C10H18N6/c1-7(9-11-3-4-12-9)15-16-8(2)10-13-5-6-14-10/h7-8H,3-6H2,1-2H3,(H,11,12)(H,13,14). The van der Waals surface area contributed by atoms with Crippen molar-refractivity contribution in [3.63, 3.8) is 0 Å². The van der Waals surface area contributed by atoms with Crippen LogP contribution in [-0.4, -0.2) is 49.9 Å². The van der Waals surface area contributed by atoms with Gasteiger partial charge >= 0.3 is 0 Å². The SMILES string of the molecule is CC(N=NC(C)C1=NCCN1)C1=NCCN1. The monoisotopic (exact) mass is 222 g/mol. The van der Waals surface area contributed by atoms with E-state index in [2.05, 4.69) is 30.8 Å². The van der Waals surface area contributed by atoms with Crippen LogP contribution in [0.1, 0.15) is 13.8 Å². The minimum absolute atomic E-state index is 0.0203. The first kappa shape index (κ1) is 11.0. The average Bonchev–Trinajstić information content (AvgIpc) is 2.95. The summed E-state index contributed by atoms with van der Waals surface area (Å²) in [6.45, 7) is 7.52. The number of hydrogen-bond donors (Lipinski definition) is 2. The predicted octanol–water partition coefficient (Wildman–Crippen LogP) is 0.219. The lowest BCUT2D eigenvalue weighted by molar-refractivity contribution is 0.762. The van der Waals surface area contributed by atoms with E-state index in [1.54, 1.807) is 0 Å². The molecule has 0 fully saturated rings. The van der Waals surface area contributed by atoms with Crippen molar-refractivity contribution < 1.29 is 0 Å². The summed E-state index contributed by atoms with van der Waals surface area (Å²) in [4.78, 5) is 8.63. The van der Waals surface area contributed by atoms with Gasteiger partial charge in [-0.2, -0.15) is 10.2 Å². The Bertz CT molecular complexity index is 300. The first-order chi connectivity index (χ1) is 7.77. The van der Waals surface area contributed by atoms with E-state index in [0.717, 1.165) is 37.9 Å². The second-order valence-corrected chi connectivity index (χ2v) is 3.97. The molecule has 0 amide bonds. The molecule has 0 aromatic rings. The number of nitrogens with one attached hydrogen (secondary N) is 2. The molecule has 0 aromatic heterocycles. The number of hydrogen-bond acceptors (Lipinski definition) is 6. The molecule has 0 spiro atoms. The zero-order valence-corrected chi connectivity index (χ0v) is 9.77. The Labute approximate surface area is 95.3 Å². The normalized spacial score (nSPS) is 23.6. The number of azo groups is 1. The zero-order valence-electron chi connectivity index (χ0n) is 9.77. The van der Waals surface area contributed by atoms with Crippen molar-refractivity contribution in [2.24, 2.45) is 20.2 Å². The summed E-state index contributed by atoms with van der Waals surface area (Å²) < 4.78 is 0. The Morgan fingerprint density at radius 1 is 0.938 bits per heavy atom. The molecule has 0 bridgehead atoms. The summed E-state index contributed by atoms with van der Waals surface area (Å²) in [5.41, 5.74) is 0. The minimum atomic E-state index is 0.0203. The first-order valence-corrected chi connectivity index (χ1v) is 5.74. The van der Waals surface area contributed by atoms with E-state index in [1.807, 2.05) is 13.8 Å². The summed E-state index contributed by atoms with van der Waals surface area (Å²) in [6.07, 6.45) is 0. The summed E-state index contributed by atoms with van der Waals surface area (Å²) >= 11 is 0. The van der Waals surface area contributed by atoms with Crippen molar-refractivity contribution in [1.82, 2.24) is 10.6 Å². The van der Waals surface area contributed by atoms with Crippen molar-refractivity contribution >= 4 is 11.7 Å². The molecule has 2 rings (SSSR count). The quantitative estimate of drug-likeness (QED) is 0.668. The van der Waals surface area contributed by atoms with Crippen molar-refractivity contribution in [2.75, 3.05) is 26.2 Å². The van der Waals surface area contributed by atoms with Gasteiger partial charge in [-0.1, -0.05) is 0 Å². The molecule has 6 nitrogen and oxygen atoms in total. The highest BCUT2D eigenvalue weighted by Gasteiger charge is 2.15. The molecule has 88 valence electrons. The second-order valence-electron chi connectivity index (χ2n) is 3.97. The molecule has 0 saturated heterocycles. The molecule has 2 aliphatic heterocycles. The molecule has 2 N–H and O–H groups in total. The molecule has 2 heterocycles. The fourth-order valence-corrected chi connectivity index (χ4v) is 1.70. The highest BCUT2D eigenvalue weighted by atomic mass is 15.2. The maximum absolute atomic E-state index is 4.32. The zero-order chi connectivity index (χ0) is 11.4. The van der Waals surface area contributed by atoms with Gasteiger partial charge in [0.2, 0.25) is 0 Å². The van der Waals surface area contributed by atoms with Crippen LogP contribution in [0.15, 0.2) is 20.2 Å². The van der Waals surface area contributed by atoms with Crippen molar-refractivity contribution in [2.45, 2.75) is 25.9 Å². The highest BCUT2D eigenvalue weighted by molar-refractivity contribution is 5.89. The Hall–Kier alpha value is -1.46. The number of rotatable bonds is 4. The molecule has 0 saturated carbocycles. The lowest BCUT2D eigenvalue weighted by atomic mass is 10.3. The second kappa shape index (κ2) is 5.05. The van der Waals surface area contributed by atoms with E-state index in [-0.39, 0.29) is 12.1 Å². The molecule has 2 aliphatic rings. The van der Waals surface area contributed by atoms with Crippen LogP contribution < -0.4 is 10.6 Å². The maximum atomic E-state index is 4.32. The third kappa shape index (κ3) is 2.56. The first-order valence-electron chi connectivity index (χ1n) is 5.74. The topological polar surface area (TPSA) is 73.5 Å². The fourth-order valence-electron chi connectivity index (χ4n) is 1.70. The van der Waals surface area contributed by atoms with Crippen LogP contribution in [0.4, 0.5) is 0 Å². The van der Waals surface area contributed by atoms with E-state index in [0.29, 0.717) is 0 Å². The molecular formula is C10H18N6. The summed E-state index contributed by atoms with van der Waals surface area (Å²) in [5, 5.41) is 14.9. The average molecular weight is 222 g/mol. The van der Waals surface area contributed by atoms with Crippen LogP contribution >= 0.6 is 0 Å². The summed E-state index contributed by atoms with van der Waals surface area (Å²) in [5.74, 6) is 1.88. The van der Waals surface area contributed by atoms with Crippen LogP contribution in [-0.2, 0) is 0 Å². The van der Waals surface area contributed by atoms with Gasteiger partial charge in [0.15, 0.2) is 0 Å². The number of aliphatic imine (C=N–C) groups is 2. The number of amidine groups is 2. The molecule has 2 atom stereocenters. The van der Waals surface area contributed by atoms with Gasteiger partial charge in [0.1, 0.15) is 23.8 Å². The molecule has 2 unspecified atom stereocenters. The number of nitrogens with zero attached hydrogens (tertiary/aromatic N) is 4. The van der Waals surface area contributed by atoms with Crippen molar-refractivity contribution in [3.05, 3.63) is 0 Å². The van der Waals surface area contributed by atoms with Crippen LogP contribution in [0, 0.1) is 0 Å². The molecule has 0 aromatic carbocycles. The van der Waals surface area contributed by atoms with Gasteiger partial charge in [0.05, 0.1) is 13.1 Å². The minimum Gasteiger partial charge on any atom is -0.370 e. The van der Waals surface area contributed by atoms with E-state index in [4.69, 9.17) is 0 Å². The molecule has 16 heavy (non-hydrogen) atoms. The Kier molecular flexibility index (Phi) is 3.48. The Balaban J connectivity index is 1.87. The van der Waals surface area contributed by atoms with Gasteiger partial charge in [0, 0.05) is 13.1 Å².